The maximum atomic E-state index is 15.0. The molecular weight excluding hydrogens is 477 g/mol. The van der Waals surface area contributed by atoms with Crippen molar-refractivity contribution in [1.29, 1.82) is 0 Å². The van der Waals surface area contributed by atoms with Crippen molar-refractivity contribution < 1.29 is 24.1 Å². The number of hydrogen-bond donors (Lipinski definition) is 3. The number of ether oxygens (including phenoxy) is 1. The van der Waals surface area contributed by atoms with Gasteiger partial charge in [-0.15, -0.1) is 0 Å². The third kappa shape index (κ3) is 3.27. The smallest absolute Gasteiger partial charge is 0.343 e. The fourth-order valence-corrected chi connectivity index (χ4v) is 6.22. The number of carbonyl (C=O) groups is 1. The number of pyridine rings is 2. The van der Waals surface area contributed by atoms with E-state index in [9.17, 15) is 24.2 Å². The number of nitrogens with one attached hydrogen (secondary N) is 1. The topological polar surface area (TPSA) is 114 Å². The maximum Gasteiger partial charge on any atom is 0.343 e. The van der Waals surface area contributed by atoms with Crippen LogP contribution in [0.1, 0.15) is 73.0 Å². The molecular formula is C28H30FN3O5. The first-order chi connectivity index (χ1) is 17.5. The molecule has 0 saturated heterocycles. The summed E-state index contributed by atoms with van der Waals surface area (Å²) in [6.07, 6.45) is 1.42. The zero-order valence-electron chi connectivity index (χ0n) is 21.4. The highest BCUT2D eigenvalue weighted by molar-refractivity contribution is 5.93. The Labute approximate surface area is 213 Å². The second-order valence-electron chi connectivity index (χ2n) is 11.1. The van der Waals surface area contributed by atoms with Crippen molar-refractivity contribution in [1.82, 2.24) is 14.9 Å². The summed E-state index contributed by atoms with van der Waals surface area (Å²) in [5, 5.41) is 25.6. The molecule has 0 amide bonds. The molecule has 0 saturated carbocycles. The normalized spacial score (nSPS) is 22.0. The number of esters is 1. The summed E-state index contributed by atoms with van der Waals surface area (Å²) in [6, 6.07) is 2.97. The second kappa shape index (κ2) is 7.93. The third-order valence-corrected chi connectivity index (χ3v) is 8.34. The Kier molecular flexibility index (Phi) is 5.19. The third-order valence-electron chi connectivity index (χ3n) is 8.34. The van der Waals surface area contributed by atoms with E-state index in [1.807, 2.05) is 13.8 Å². The maximum absolute atomic E-state index is 15.0. The molecule has 9 heteroatoms. The van der Waals surface area contributed by atoms with Gasteiger partial charge in [0.05, 0.1) is 35.6 Å². The average molecular weight is 508 g/mol. The number of aliphatic hydroxyl groups excluding tert-OH is 1. The number of halogens is 1. The zero-order valence-corrected chi connectivity index (χ0v) is 21.4. The van der Waals surface area contributed by atoms with Gasteiger partial charge in [-0.1, -0.05) is 6.92 Å². The predicted octanol–water partition coefficient (Wildman–Crippen LogP) is 2.87. The lowest BCUT2D eigenvalue weighted by Crippen LogP contribution is -2.45. The van der Waals surface area contributed by atoms with Gasteiger partial charge in [0.1, 0.15) is 12.4 Å². The number of rotatable bonds is 4. The summed E-state index contributed by atoms with van der Waals surface area (Å²) in [6.45, 7) is 7.29. The van der Waals surface area contributed by atoms with E-state index in [1.54, 1.807) is 24.5 Å². The highest BCUT2D eigenvalue weighted by Gasteiger charge is 2.46. The first kappa shape index (κ1) is 24.2. The van der Waals surface area contributed by atoms with Crippen molar-refractivity contribution in [3.05, 3.63) is 61.7 Å². The first-order valence-electron chi connectivity index (χ1n) is 12.7. The van der Waals surface area contributed by atoms with Crippen LogP contribution in [0.25, 0.3) is 22.3 Å². The van der Waals surface area contributed by atoms with Crippen molar-refractivity contribution in [3.8, 4) is 11.4 Å². The van der Waals surface area contributed by atoms with Crippen molar-refractivity contribution >= 4 is 16.9 Å². The van der Waals surface area contributed by atoms with Crippen molar-refractivity contribution in [2.45, 2.75) is 77.3 Å². The second-order valence-corrected chi connectivity index (χ2v) is 11.1. The molecule has 1 aliphatic carbocycles. The molecule has 194 valence electrons. The van der Waals surface area contributed by atoms with Crippen LogP contribution in [0.2, 0.25) is 0 Å². The molecule has 2 aliphatic heterocycles. The van der Waals surface area contributed by atoms with Gasteiger partial charge in [-0.3, -0.25) is 4.79 Å². The molecule has 8 nitrogen and oxygen atoms in total. The van der Waals surface area contributed by atoms with E-state index in [0.29, 0.717) is 35.3 Å². The van der Waals surface area contributed by atoms with Crippen molar-refractivity contribution in [2.75, 3.05) is 6.61 Å². The van der Waals surface area contributed by atoms with Crippen LogP contribution in [0.4, 0.5) is 4.39 Å². The van der Waals surface area contributed by atoms with Gasteiger partial charge in [-0.25, -0.2) is 14.2 Å². The molecule has 0 radical (unpaired) electrons. The lowest BCUT2D eigenvalue weighted by Gasteiger charge is -2.35. The van der Waals surface area contributed by atoms with Gasteiger partial charge in [0.25, 0.3) is 5.56 Å². The quantitative estimate of drug-likeness (QED) is 0.364. The predicted molar refractivity (Wildman–Crippen MR) is 135 cm³/mol. The van der Waals surface area contributed by atoms with Crippen LogP contribution in [0.5, 0.6) is 0 Å². The van der Waals surface area contributed by atoms with E-state index in [0.717, 1.165) is 22.1 Å². The fourth-order valence-electron chi connectivity index (χ4n) is 6.22. The SMILES string of the molecule is CC[C@@]1(O)C(=O)OCc2c1cc1n(c2=O)Cc2c-1nc1cc(F)c(C)c3c1c2[C@@H](NC(C)(C)CO)CC3. The monoisotopic (exact) mass is 507 g/mol. The summed E-state index contributed by atoms with van der Waals surface area (Å²) >= 11 is 0. The Morgan fingerprint density at radius 2 is 2.03 bits per heavy atom. The highest BCUT2D eigenvalue weighted by Crippen LogP contribution is 2.46. The number of fused-ring (bicyclic) bond motifs is 5. The number of hydrogen-bond acceptors (Lipinski definition) is 7. The van der Waals surface area contributed by atoms with Crippen LogP contribution in [0.3, 0.4) is 0 Å². The Morgan fingerprint density at radius 1 is 1.27 bits per heavy atom. The van der Waals surface area contributed by atoms with Gasteiger partial charge >= 0.3 is 5.97 Å². The van der Waals surface area contributed by atoms with Gasteiger partial charge in [0.15, 0.2) is 5.60 Å². The van der Waals surface area contributed by atoms with E-state index in [1.165, 1.54) is 6.07 Å². The number of aromatic nitrogens is 2. The molecule has 0 unspecified atom stereocenters. The minimum atomic E-state index is -1.91. The van der Waals surface area contributed by atoms with Gasteiger partial charge in [0.2, 0.25) is 0 Å². The van der Waals surface area contributed by atoms with E-state index in [4.69, 9.17) is 9.72 Å². The van der Waals surface area contributed by atoms with Crippen LogP contribution >= 0.6 is 0 Å². The number of carbonyl (C=O) groups excluding carboxylic acids is 1. The molecule has 3 N–H and O–H groups in total. The number of cyclic esters (lactones) is 1. The Bertz CT molecular complexity index is 1580. The Hall–Kier alpha value is -3.14. The van der Waals surface area contributed by atoms with Gasteiger partial charge < -0.3 is 24.8 Å². The minimum Gasteiger partial charge on any atom is -0.458 e. The van der Waals surface area contributed by atoms with Crippen molar-refractivity contribution in [2.24, 2.45) is 0 Å². The first-order valence-corrected chi connectivity index (χ1v) is 12.7. The van der Waals surface area contributed by atoms with Crippen LogP contribution in [0.15, 0.2) is 16.9 Å². The van der Waals surface area contributed by atoms with Crippen LogP contribution in [-0.2, 0) is 34.7 Å². The largest absolute Gasteiger partial charge is 0.458 e. The van der Waals surface area contributed by atoms with Crippen molar-refractivity contribution in [3.63, 3.8) is 0 Å². The molecule has 0 spiro atoms. The molecule has 0 fully saturated rings. The molecule has 0 bridgehead atoms. The van der Waals surface area contributed by atoms with Gasteiger partial charge in [0, 0.05) is 34.2 Å². The van der Waals surface area contributed by atoms with Gasteiger partial charge in [-0.2, -0.15) is 0 Å². The summed E-state index contributed by atoms with van der Waals surface area (Å²) < 4.78 is 21.8. The Morgan fingerprint density at radius 3 is 2.73 bits per heavy atom. The zero-order chi connectivity index (χ0) is 26.4. The Balaban J connectivity index is 1.66. The molecule has 1 aromatic carbocycles. The average Bonchev–Trinajstić information content (AvgIpc) is 3.24. The summed E-state index contributed by atoms with van der Waals surface area (Å²) in [4.78, 5) is 31.0. The lowest BCUT2D eigenvalue weighted by atomic mass is 9.81. The number of benzene rings is 1. The highest BCUT2D eigenvalue weighted by atomic mass is 19.1. The number of aryl methyl sites for hydroxylation is 1. The standard InChI is InChI=1S/C28H30FN3O5/c1-5-28(36)17-8-21-24-15(10-32(21)25(34)16(17)11-37-26(28)35)23-19(31-27(3,4)12-33)7-6-14-13(2)18(29)9-20(30-24)22(14)23/h8-9,19,31,33,36H,5-7,10-12H2,1-4H3/t19-,28-/m0/s1. The summed E-state index contributed by atoms with van der Waals surface area (Å²) in [7, 11) is 0. The van der Waals surface area contributed by atoms with Crippen LogP contribution < -0.4 is 10.9 Å². The van der Waals surface area contributed by atoms with Gasteiger partial charge in [-0.05, 0) is 62.8 Å². The summed E-state index contributed by atoms with van der Waals surface area (Å²) in [5.41, 5.74) is 2.58. The molecule has 3 aliphatic rings. The van der Waals surface area contributed by atoms with E-state index >= 15 is 0 Å². The summed E-state index contributed by atoms with van der Waals surface area (Å²) in [5.74, 6) is -1.10. The van der Waals surface area contributed by atoms with Crippen LogP contribution in [-0.4, -0.2) is 37.9 Å². The minimum absolute atomic E-state index is 0.0566. The van der Waals surface area contributed by atoms with E-state index < -0.39 is 17.1 Å². The molecule has 6 rings (SSSR count). The molecule has 4 heterocycles. The lowest BCUT2D eigenvalue weighted by molar-refractivity contribution is -0.172. The molecule has 37 heavy (non-hydrogen) atoms. The molecule has 2 atom stereocenters. The number of nitrogens with zero attached hydrogens (tertiary/aromatic N) is 2. The van der Waals surface area contributed by atoms with Crippen LogP contribution in [0, 0.1) is 12.7 Å². The molecule has 2 aromatic heterocycles. The van der Waals surface area contributed by atoms with E-state index in [2.05, 4.69) is 5.32 Å². The molecule has 3 aromatic rings. The van der Waals surface area contributed by atoms with E-state index in [-0.39, 0.29) is 54.7 Å². The fraction of sp³-hybridized carbons (Fsp3) is 0.464. The number of aliphatic hydroxyl groups is 2.